The molecule has 1 amide bonds. The first-order valence-corrected chi connectivity index (χ1v) is 7.04. The van der Waals surface area contributed by atoms with Crippen LogP contribution >= 0.6 is 0 Å². The highest BCUT2D eigenvalue weighted by Gasteiger charge is 2.41. The predicted octanol–water partition coefficient (Wildman–Crippen LogP) is 1.69. The van der Waals surface area contributed by atoms with Crippen molar-refractivity contribution in [2.75, 3.05) is 6.54 Å². The molecule has 0 aliphatic heterocycles. The van der Waals surface area contributed by atoms with Crippen LogP contribution in [0.25, 0.3) is 0 Å². The van der Waals surface area contributed by atoms with Gasteiger partial charge < -0.3 is 15.5 Å². The highest BCUT2D eigenvalue weighted by Crippen LogP contribution is 2.39. The summed E-state index contributed by atoms with van der Waals surface area (Å²) in [6.45, 7) is 3.66. The van der Waals surface area contributed by atoms with Crippen molar-refractivity contribution in [1.29, 1.82) is 0 Å². The van der Waals surface area contributed by atoms with Crippen LogP contribution in [0.4, 0.5) is 0 Å². The van der Waals surface area contributed by atoms with E-state index in [2.05, 4.69) is 5.32 Å². The Labute approximate surface area is 114 Å². The molecule has 1 aliphatic rings. The van der Waals surface area contributed by atoms with Gasteiger partial charge >= 0.3 is 5.97 Å². The molecule has 0 aromatic carbocycles. The van der Waals surface area contributed by atoms with Crippen molar-refractivity contribution in [3.05, 3.63) is 0 Å². The van der Waals surface area contributed by atoms with Crippen LogP contribution in [0.15, 0.2) is 0 Å². The molecule has 1 rings (SSSR count). The minimum Gasteiger partial charge on any atom is -0.481 e. The van der Waals surface area contributed by atoms with Crippen LogP contribution in [-0.2, 0) is 9.59 Å². The topological polar surface area (TPSA) is 86.6 Å². The first-order chi connectivity index (χ1) is 8.81. The zero-order chi connectivity index (χ0) is 14.5. The van der Waals surface area contributed by atoms with E-state index in [-0.39, 0.29) is 18.9 Å². The van der Waals surface area contributed by atoms with Crippen LogP contribution in [0.2, 0.25) is 0 Å². The molecule has 5 nitrogen and oxygen atoms in total. The third kappa shape index (κ3) is 4.49. The fourth-order valence-electron chi connectivity index (χ4n) is 2.48. The summed E-state index contributed by atoms with van der Waals surface area (Å²) >= 11 is 0. The zero-order valence-electron chi connectivity index (χ0n) is 11.9. The van der Waals surface area contributed by atoms with Crippen molar-refractivity contribution >= 4 is 11.9 Å². The lowest BCUT2D eigenvalue weighted by atomic mass is 9.71. The number of carbonyl (C=O) groups excluding carboxylic acids is 1. The van der Waals surface area contributed by atoms with Crippen molar-refractivity contribution < 1.29 is 19.8 Å². The maximum atomic E-state index is 11.9. The third-order valence-corrected chi connectivity index (χ3v) is 4.19. The van der Waals surface area contributed by atoms with E-state index in [0.29, 0.717) is 19.3 Å². The van der Waals surface area contributed by atoms with Gasteiger partial charge in [0.05, 0.1) is 11.0 Å². The normalized spacial score (nSPS) is 21.4. The monoisotopic (exact) mass is 271 g/mol. The average molecular weight is 271 g/mol. The molecule has 3 N–H and O–H groups in total. The lowest BCUT2D eigenvalue weighted by Gasteiger charge is -2.33. The maximum Gasteiger partial charge on any atom is 0.310 e. The molecule has 0 bridgehead atoms. The van der Waals surface area contributed by atoms with E-state index in [9.17, 15) is 19.8 Å². The molecule has 1 atom stereocenters. The van der Waals surface area contributed by atoms with Crippen molar-refractivity contribution in [2.24, 2.45) is 5.41 Å². The Balaban J connectivity index is 2.55. The van der Waals surface area contributed by atoms with Gasteiger partial charge in [-0.05, 0) is 26.2 Å². The second kappa shape index (κ2) is 6.37. The van der Waals surface area contributed by atoms with E-state index in [0.717, 1.165) is 19.3 Å². The van der Waals surface area contributed by atoms with E-state index in [1.54, 1.807) is 6.92 Å². The Morgan fingerprint density at radius 3 is 2.32 bits per heavy atom. The molecule has 0 spiro atoms. The summed E-state index contributed by atoms with van der Waals surface area (Å²) in [5, 5.41) is 21.9. The molecule has 1 fully saturated rings. The number of carboxylic acids is 1. The Morgan fingerprint density at radius 1 is 1.26 bits per heavy atom. The Kier molecular flexibility index (Phi) is 5.35. The number of carbonyl (C=O) groups is 2. The third-order valence-electron chi connectivity index (χ3n) is 4.19. The Morgan fingerprint density at radius 2 is 1.84 bits per heavy atom. The summed E-state index contributed by atoms with van der Waals surface area (Å²) < 4.78 is 0. The number of hydrogen-bond donors (Lipinski definition) is 3. The quantitative estimate of drug-likeness (QED) is 0.686. The van der Waals surface area contributed by atoms with Crippen molar-refractivity contribution in [3.8, 4) is 0 Å². The first kappa shape index (κ1) is 16.0. The highest BCUT2D eigenvalue weighted by molar-refractivity contribution is 5.85. The van der Waals surface area contributed by atoms with Crippen LogP contribution in [0.5, 0.6) is 0 Å². The molecule has 1 unspecified atom stereocenters. The van der Waals surface area contributed by atoms with Crippen molar-refractivity contribution in [2.45, 2.75) is 64.4 Å². The number of rotatable bonds is 6. The molecule has 0 aromatic heterocycles. The fraction of sp³-hybridized carbons (Fsp3) is 0.857. The van der Waals surface area contributed by atoms with E-state index >= 15 is 0 Å². The van der Waals surface area contributed by atoms with Gasteiger partial charge in [0.2, 0.25) is 5.91 Å². The van der Waals surface area contributed by atoms with Crippen molar-refractivity contribution in [3.63, 3.8) is 0 Å². The summed E-state index contributed by atoms with van der Waals surface area (Å²) in [7, 11) is 0. The molecule has 19 heavy (non-hydrogen) atoms. The maximum absolute atomic E-state index is 11.9. The van der Waals surface area contributed by atoms with Gasteiger partial charge in [0, 0.05) is 13.0 Å². The number of hydrogen-bond acceptors (Lipinski definition) is 3. The average Bonchev–Trinajstić information content (AvgIpc) is 2.37. The van der Waals surface area contributed by atoms with Crippen LogP contribution < -0.4 is 5.32 Å². The van der Waals surface area contributed by atoms with E-state index in [1.165, 1.54) is 0 Å². The van der Waals surface area contributed by atoms with Crippen LogP contribution in [0.1, 0.15) is 58.8 Å². The van der Waals surface area contributed by atoms with Crippen LogP contribution in [0.3, 0.4) is 0 Å². The number of aliphatic hydroxyl groups is 1. The first-order valence-electron chi connectivity index (χ1n) is 7.04. The summed E-state index contributed by atoms with van der Waals surface area (Å²) in [5.41, 5.74) is -1.83. The van der Waals surface area contributed by atoms with Gasteiger partial charge in [0.15, 0.2) is 0 Å². The van der Waals surface area contributed by atoms with Gasteiger partial charge in [-0.25, -0.2) is 0 Å². The van der Waals surface area contributed by atoms with Gasteiger partial charge in [-0.2, -0.15) is 0 Å². The molecule has 110 valence electrons. The van der Waals surface area contributed by atoms with E-state index in [1.807, 2.05) is 6.92 Å². The smallest absolute Gasteiger partial charge is 0.310 e. The summed E-state index contributed by atoms with van der Waals surface area (Å²) in [6, 6.07) is 0. The van der Waals surface area contributed by atoms with Gasteiger partial charge in [-0.15, -0.1) is 0 Å². The SMILES string of the molecule is CCC(C)(O)CNC(=O)CC1(C(=O)O)CCCCC1. The molecule has 1 saturated carbocycles. The van der Waals surface area contributed by atoms with Crippen LogP contribution in [-0.4, -0.2) is 34.2 Å². The summed E-state index contributed by atoms with van der Waals surface area (Å²) in [4.78, 5) is 23.3. The van der Waals surface area contributed by atoms with E-state index in [4.69, 9.17) is 0 Å². The molecule has 0 heterocycles. The second-order valence-electron chi connectivity index (χ2n) is 5.95. The number of nitrogens with one attached hydrogen (secondary N) is 1. The van der Waals surface area contributed by atoms with Gasteiger partial charge in [-0.3, -0.25) is 9.59 Å². The molecule has 5 heteroatoms. The number of carboxylic acid groups (broad SMARTS) is 1. The molecule has 0 saturated heterocycles. The molecule has 1 aliphatic carbocycles. The molecular formula is C14H25NO4. The van der Waals surface area contributed by atoms with Gasteiger partial charge in [0.25, 0.3) is 0 Å². The molecule has 0 radical (unpaired) electrons. The minimum absolute atomic E-state index is 0.0160. The van der Waals surface area contributed by atoms with Crippen LogP contribution in [0, 0.1) is 5.41 Å². The second-order valence-corrected chi connectivity index (χ2v) is 5.95. The molecular weight excluding hydrogens is 246 g/mol. The van der Waals surface area contributed by atoms with Crippen molar-refractivity contribution in [1.82, 2.24) is 5.32 Å². The standard InChI is InChI=1S/C14H25NO4/c1-3-13(2,19)10-15-11(16)9-14(12(17)18)7-5-4-6-8-14/h19H,3-10H2,1-2H3,(H,15,16)(H,17,18). The van der Waals surface area contributed by atoms with E-state index < -0.39 is 17.0 Å². The molecule has 0 aromatic rings. The lowest BCUT2D eigenvalue weighted by molar-refractivity contribution is -0.154. The highest BCUT2D eigenvalue weighted by atomic mass is 16.4. The Hall–Kier alpha value is -1.10. The fourth-order valence-corrected chi connectivity index (χ4v) is 2.48. The largest absolute Gasteiger partial charge is 0.481 e. The summed E-state index contributed by atoms with van der Waals surface area (Å²) in [5.74, 6) is -1.15. The predicted molar refractivity (Wildman–Crippen MR) is 71.7 cm³/mol. The van der Waals surface area contributed by atoms with Gasteiger partial charge in [0.1, 0.15) is 0 Å². The lowest BCUT2D eigenvalue weighted by Crippen LogP contribution is -2.44. The Bertz CT molecular complexity index is 332. The van der Waals surface area contributed by atoms with Gasteiger partial charge in [-0.1, -0.05) is 26.2 Å². The number of amides is 1. The zero-order valence-corrected chi connectivity index (χ0v) is 11.9. The summed E-state index contributed by atoms with van der Waals surface area (Å²) in [6.07, 6.45) is 4.47. The minimum atomic E-state index is -0.932. The number of aliphatic carboxylic acids is 1.